The topological polar surface area (TPSA) is 113 Å². The van der Waals surface area contributed by atoms with Gasteiger partial charge in [0.05, 0.1) is 17.9 Å². The van der Waals surface area contributed by atoms with E-state index in [2.05, 4.69) is 20.5 Å². The van der Waals surface area contributed by atoms with E-state index in [-0.39, 0.29) is 31.4 Å². The van der Waals surface area contributed by atoms with Crippen LogP contribution in [0.5, 0.6) is 11.6 Å². The Hall–Kier alpha value is -3.77. The minimum Gasteiger partial charge on any atom is -0.475 e. The third-order valence-electron chi connectivity index (χ3n) is 4.90. The number of hydrogen-bond acceptors (Lipinski definition) is 6. The van der Waals surface area contributed by atoms with Gasteiger partial charge in [-0.1, -0.05) is 24.3 Å². The van der Waals surface area contributed by atoms with Gasteiger partial charge < -0.3 is 25.3 Å². The Morgan fingerprint density at radius 2 is 1.92 bits per heavy atom. The summed E-state index contributed by atoms with van der Waals surface area (Å²) in [5.41, 5.74) is 7.75. The molecular weight excluding hydrogens is 479 g/mol. The number of carbonyl (C=O) groups is 1. The van der Waals surface area contributed by atoms with Crippen LogP contribution in [-0.4, -0.2) is 41.9 Å². The molecular formula is C24H28F3N5O4. The molecule has 0 saturated carbocycles. The fourth-order valence-electron chi connectivity index (χ4n) is 3.31. The molecule has 0 spiro atoms. The summed E-state index contributed by atoms with van der Waals surface area (Å²) in [4.78, 5) is 12.8. The SMILES string of the molecule is COCc1ccc(OC(F)(F)F)c(CNC(=O)Nc2c(C)c(OC[C@H](C)N)nn2-c2ccccc2)c1. The highest BCUT2D eigenvalue weighted by Crippen LogP contribution is 2.29. The summed E-state index contributed by atoms with van der Waals surface area (Å²) in [6.45, 7) is 3.68. The molecule has 9 nitrogen and oxygen atoms in total. The first-order valence-corrected chi connectivity index (χ1v) is 11.0. The number of methoxy groups -OCH3 is 1. The number of amides is 2. The quantitative estimate of drug-likeness (QED) is 0.378. The number of alkyl halides is 3. The lowest BCUT2D eigenvalue weighted by molar-refractivity contribution is -0.274. The molecule has 0 aliphatic rings. The van der Waals surface area contributed by atoms with Crippen LogP contribution in [0, 0.1) is 6.92 Å². The lowest BCUT2D eigenvalue weighted by Gasteiger charge is -2.16. The summed E-state index contributed by atoms with van der Waals surface area (Å²) in [6, 6.07) is 12.3. The highest BCUT2D eigenvalue weighted by atomic mass is 19.4. The van der Waals surface area contributed by atoms with Gasteiger partial charge in [0.2, 0.25) is 5.88 Å². The molecule has 3 aromatic rings. The van der Waals surface area contributed by atoms with E-state index in [1.807, 2.05) is 18.2 Å². The Morgan fingerprint density at radius 1 is 1.19 bits per heavy atom. The van der Waals surface area contributed by atoms with Gasteiger partial charge in [0.1, 0.15) is 18.2 Å². The van der Waals surface area contributed by atoms with Crippen molar-refractivity contribution < 1.29 is 32.2 Å². The Balaban J connectivity index is 1.81. The van der Waals surface area contributed by atoms with Crippen molar-refractivity contribution in [3.63, 3.8) is 0 Å². The standard InChI is InChI=1S/C24H28F3N5O4/c1-15(28)13-35-22-16(2)21(32(31-22)19-7-5-4-6-8-19)30-23(33)29-12-18-11-17(14-34-3)9-10-20(18)36-24(25,26)27/h4-11,15H,12-14,28H2,1-3H3,(H2,29,30,33)/t15-/m0/s1. The molecule has 12 heteroatoms. The van der Waals surface area contributed by atoms with Crippen molar-refractivity contribution in [2.24, 2.45) is 5.73 Å². The van der Waals surface area contributed by atoms with Crippen LogP contribution in [0.3, 0.4) is 0 Å². The van der Waals surface area contributed by atoms with Gasteiger partial charge in [0.25, 0.3) is 0 Å². The summed E-state index contributed by atoms with van der Waals surface area (Å²) >= 11 is 0. The number of nitrogens with two attached hydrogens (primary N) is 1. The Morgan fingerprint density at radius 3 is 2.56 bits per heavy atom. The average molecular weight is 508 g/mol. The number of carbonyl (C=O) groups excluding carboxylic acids is 1. The van der Waals surface area contributed by atoms with Crippen LogP contribution in [0.15, 0.2) is 48.5 Å². The van der Waals surface area contributed by atoms with Crippen molar-refractivity contribution in [1.82, 2.24) is 15.1 Å². The van der Waals surface area contributed by atoms with E-state index in [9.17, 15) is 18.0 Å². The molecule has 0 bridgehead atoms. The molecule has 0 saturated heterocycles. The molecule has 1 atom stereocenters. The predicted molar refractivity (Wildman–Crippen MR) is 127 cm³/mol. The average Bonchev–Trinajstić information content (AvgIpc) is 3.12. The number of anilines is 1. The fourth-order valence-corrected chi connectivity index (χ4v) is 3.31. The lowest BCUT2D eigenvalue weighted by atomic mass is 10.1. The second-order valence-corrected chi connectivity index (χ2v) is 8.04. The van der Waals surface area contributed by atoms with Gasteiger partial charge in [-0.2, -0.15) is 0 Å². The number of aromatic nitrogens is 2. The number of nitrogens with zero attached hydrogens (tertiary/aromatic N) is 2. The number of para-hydroxylation sites is 1. The summed E-state index contributed by atoms with van der Waals surface area (Å²) in [7, 11) is 1.47. The van der Waals surface area contributed by atoms with E-state index in [0.717, 1.165) is 0 Å². The first kappa shape index (κ1) is 26.8. The van der Waals surface area contributed by atoms with Crippen molar-refractivity contribution in [2.75, 3.05) is 19.0 Å². The summed E-state index contributed by atoms with van der Waals surface area (Å²) in [6.07, 6.45) is -4.88. The zero-order valence-electron chi connectivity index (χ0n) is 20.1. The molecule has 1 heterocycles. The molecule has 1 aromatic heterocycles. The van der Waals surface area contributed by atoms with Crippen LogP contribution in [0.4, 0.5) is 23.8 Å². The molecule has 194 valence electrons. The van der Waals surface area contributed by atoms with Crippen molar-refractivity contribution in [2.45, 2.75) is 39.4 Å². The maximum absolute atomic E-state index is 12.8. The minimum atomic E-state index is -4.88. The Labute approximate surface area is 206 Å². The second kappa shape index (κ2) is 11.8. The highest BCUT2D eigenvalue weighted by molar-refractivity contribution is 5.89. The van der Waals surface area contributed by atoms with Crippen LogP contribution in [0.25, 0.3) is 5.69 Å². The molecule has 0 fully saturated rings. The number of benzene rings is 2. The van der Waals surface area contributed by atoms with Crippen molar-refractivity contribution in [3.05, 3.63) is 65.2 Å². The van der Waals surface area contributed by atoms with E-state index < -0.39 is 18.1 Å². The maximum atomic E-state index is 12.8. The number of rotatable bonds is 10. The fraction of sp³-hybridized carbons (Fsp3) is 0.333. The number of nitrogens with one attached hydrogen (secondary N) is 2. The molecule has 0 radical (unpaired) electrons. The van der Waals surface area contributed by atoms with Crippen molar-refractivity contribution in [1.29, 1.82) is 0 Å². The minimum absolute atomic E-state index is 0.131. The molecule has 36 heavy (non-hydrogen) atoms. The first-order valence-electron chi connectivity index (χ1n) is 11.0. The van der Waals surface area contributed by atoms with Gasteiger partial charge in [-0.3, -0.25) is 5.32 Å². The molecule has 0 unspecified atom stereocenters. The normalized spacial score (nSPS) is 12.2. The molecule has 3 rings (SSSR count). The number of ether oxygens (including phenoxy) is 3. The van der Waals surface area contributed by atoms with Gasteiger partial charge in [0, 0.05) is 25.3 Å². The third kappa shape index (κ3) is 7.36. The zero-order chi connectivity index (χ0) is 26.3. The second-order valence-electron chi connectivity index (χ2n) is 8.04. The highest BCUT2D eigenvalue weighted by Gasteiger charge is 2.32. The van der Waals surface area contributed by atoms with Crippen LogP contribution < -0.4 is 25.8 Å². The van der Waals surface area contributed by atoms with Gasteiger partial charge in [-0.05, 0) is 43.7 Å². The van der Waals surface area contributed by atoms with E-state index in [1.54, 1.807) is 26.0 Å². The summed E-state index contributed by atoms with van der Waals surface area (Å²) in [5, 5.41) is 9.73. The number of urea groups is 1. The summed E-state index contributed by atoms with van der Waals surface area (Å²) < 4.78 is 54.9. The van der Waals surface area contributed by atoms with Crippen LogP contribution >= 0.6 is 0 Å². The predicted octanol–water partition coefficient (Wildman–Crippen LogP) is 4.27. The molecule has 2 amide bonds. The summed E-state index contributed by atoms with van der Waals surface area (Å²) in [5.74, 6) is 0.206. The van der Waals surface area contributed by atoms with E-state index in [4.69, 9.17) is 15.2 Å². The molecule has 0 aliphatic carbocycles. The molecule has 2 aromatic carbocycles. The molecule has 4 N–H and O–H groups in total. The van der Waals surface area contributed by atoms with Crippen LogP contribution in [0.1, 0.15) is 23.6 Å². The number of hydrogen-bond donors (Lipinski definition) is 3. The van der Waals surface area contributed by atoms with Gasteiger partial charge in [-0.15, -0.1) is 18.3 Å². The van der Waals surface area contributed by atoms with Crippen molar-refractivity contribution in [3.8, 4) is 17.3 Å². The largest absolute Gasteiger partial charge is 0.573 e. The molecule has 0 aliphatic heterocycles. The number of halogens is 3. The smallest absolute Gasteiger partial charge is 0.475 e. The van der Waals surface area contributed by atoms with E-state index in [1.165, 1.54) is 30.0 Å². The zero-order valence-corrected chi connectivity index (χ0v) is 20.1. The maximum Gasteiger partial charge on any atom is 0.573 e. The van der Waals surface area contributed by atoms with Gasteiger partial charge >= 0.3 is 12.4 Å². The Kier molecular flexibility index (Phi) is 8.78. The van der Waals surface area contributed by atoms with Crippen LogP contribution in [-0.2, 0) is 17.9 Å². The third-order valence-corrected chi connectivity index (χ3v) is 4.90. The Bertz CT molecular complexity index is 1170. The first-order chi connectivity index (χ1) is 17.1. The van der Waals surface area contributed by atoms with Crippen molar-refractivity contribution >= 4 is 11.8 Å². The van der Waals surface area contributed by atoms with Crippen LogP contribution in [0.2, 0.25) is 0 Å². The van der Waals surface area contributed by atoms with Gasteiger partial charge in [0.15, 0.2) is 0 Å². The van der Waals surface area contributed by atoms with E-state index in [0.29, 0.717) is 28.5 Å². The lowest BCUT2D eigenvalue weighted by Crippen LogP contribution is -2.30. The van der Waals surface area contributed by atoms with E-state index >= 15 is 0 Å². The van der Waals surface area contributed by atoms with Gasteiger partial charge in [-0.25, -0.2) is 9.48 Å². The monoisotopic (exact) mass is 507 g/mol.